The quantitative estimate of drug-likeness (QED) is 0.382. The van der Waals surface area contributed by atoms with Crippen molar-refractivity contribution in [2.75, 3.05) is 4.90 Å². The molecule has 31 heavy (non-hydrogen) atoms. The first kappa shape index (κ1) is 18.9. The fourth-order valence-electron chi connectivity index (χ4n) is 3.77. The number of aryl methyl sites for hydroxylation is 1. The predicted octanol–water partition coefficient (Wildman–Crippen LogP) is 5.69. The van der Waals surface area contributed by atoms with Crippen LogP contribution in [-0.2, 0) is 6.54 Å². The van der Waals surface area contributed by atoms with Gasteiger partial charge in [-0.15, -0.1) is 0 Å². The van der Waals surface area contributed by atoms with Crippen LogP contribution < -0.4 is 10.3 Å². The molecule has 0 aliphatic carbocycles. The van der Waals surface area contributed by atoms with E-state index in [2.05, 4.69) is 0 Å². The Morgan fingerprint density at radius 2 is 1.61 bits per heavy atom. The minimum atomic E-state index is -0.436. The Bertz CT molecular complexity index is 1440. The Morgan fingerprint density at radius 1 is 0.903 bits per heavy atom. The van der Waals surface area contributed by atoms with Crippen molar-refractivity contribution >= 4 is 33.5 Å². The highest BCUT2D eigenvalue weighted by Gasteiger charge is 2.25. The Hall–Kier alpha value is -4.12. The third kappa shape index (κ3) is 3.40. The van der Waals surface area contributed by atoms with Gasteiger partial charge in [-0.05, 0) is 42.8 Å². The second-order valence-corrected chi connectivity index (χ2v) is 7.40. The number of anilines is 1. The van der Waals surface area contributed by atoms with E-state index in [1.54, 1.807) is 29.2 Å². The molecule has 152 valence electrons. The average Bonchev–Trinajstić information content (AvgIpc) is 3.21. The maximum absolute atomic E-state index is 13.6. The first-order valence-corrected chi connectivity index (χ1v) is 9.97. The van der Waals surface area contributed by atoms with Gasteiger partial charge in [0.2, 0.25) is 5.43 Å². The molecule has 1 amide bonds. The summed E-state index contributed by atoms with van der Waals surface area (Å²) in [7, 11) is 0. The zero-order valence-corrected chi connectivity index (χ0v) is 16.9. The third-order valence-electron chi connectivity index (χ3n) is 5.35. The van der Waals surface area contributed by atoms with Gasteiger partial charge in [0.15, 0.2) is 0 Å². The van der Waals surface area contributed by atoms with Crippen molar-refractivity contribution < 1.29 is 13.6 Å². The molecule has 0 aliphatic heterocycles. The molecular weight excluding hydrogens is 390 g/mol. The lowest BCUT2D eigenvalue weighted by atomic mass is 10.1. The van der Waals surface area contributed by atoms with E-state index in [1.165, 1.54) is 6.26 Å². The Balaban J connectivity index is 1.62. The molecule has 5 aromatic rings. The van der Waals surface area contributed by atoms with Crippen LogP contribution >= 0.6 is 0 Å². The van der Waals surface area contributed by atoms with Crippen molar-refractivity contribution in [1.29, 1.82) is 0 Å². The molecule has 0 bridgehead atoms. The van der Waals surface area contributed by atoms with Crippen molar-refractivity contribution in [1.82, 2.24) is 0 Å². The van der Waals surface area contributed by atoms with E-state index in [4.69, 9.17) is 8.83 Å². The van der Waals surface area contributed by atoms with Crippen LogP contribution in [0.5, 0.6) is 0 Å². The molecule has 0 spiro atoms. The van der Waals surface area contributed by atoms with Gasteiger partial charge in [-0.25, -0.2) is 0 Å². The van der Waals surface area contributed by atoms with E-state index in [-0.39, 0.29) is 17.5 Å². The van der Waals surface area contributed by atoms with Gasteiger partial charge in [-0.3, -0.25) is 9.59 Å². The number of carbonyl (C=O) groups is 1. The molecule has 0 fully saturated rings. The maximum Gasteiger partial charge on any atom is 0.265 e. The van der Waals surface area contributed by atoms with Gasteiger partial charge in [0.1, 0.15) is 28.8 Å². The first-order chi connectivity index (χ1) is 15.1. The maximum atomic E-state index is 13.6. The van der Waals surface area contributed by atoms with Crippen LogP contribution in [-0.4, -0.2) is 5.91 Å². The van der Waals surface area contributed by atoms with Crippen molar-refractivity contribution in [2.45, 2.75) is 13.5 Å². The normalized spacial score (nSPS) is 11.1. The number of benzene rings is 3. The summed E-state index contributed by atoms with van der Waals surface area (Å²) in [4.78, 5) is 28.2. The highest BCUT2D eigenvalue weighted by Crippen LogP contribution is 2.26. The molecule has 5 nitrogen and oxygen atoms in total. The molecule has 5 rings (SSSR count). The Kier molecular flexibility index (Phi) is 4.64. The van der Waals surface area contributed by atoms with E-state index in [9.17, 15) is 9.59 Å². The van der Waals surface area contributed by atoms with Gasteiger partial charge in [-0.2, -0.15) is 0 Å². The Morgan fingerprint density at radius 3 is 2.42 bits per heavy atom. The summed E-state index contributed by atoms with van der Waals surface area (Å²) in [6.45, 7) is 2.11. The molecule has 0 atom stereocenters. The van der Waals surface area contributed by atoms with Crippen LogP contribution in [0.15, 0.2) is 98.8 Å². The lowest BCUT2D eigenvalue weighted by Gasteiger charge is -2.23. The van der Waals surface area contributed by atoms with E-state index < -0.39 is 5.91 Å². The van der Waals surface area contributed by atoms with E-state index in [0.717, 1.165) is 16.5 Å². The fourth-order valence-corrected chi connectivity index (χ4v) is 3.77. The van der Waals surface area contributed by atoms with Crippen LogP contribution in [0.4, 0.5) is 5.69 Å². The van der Waals surface area contributed by atoms with Crippen LogP contribution in [0.1, 0.15) is 21.7 Å². The number of carbonyl (C=O) groups excluding carboxylic acids is 1. The summed E-state index contributed by atoms with van der Waals surface area (Å²) in [6, 6.07) is 24.1. The zero-order chi connectivity index (χ0) is 21.4. The molecule has 0 saturated carbocycles. The summed E-state index contributed by atoms with van der Waals surface area (Å²) in [6.07, 6.45) is 1.25. The summed E-state index contributed by atoms with van der Waals surface area (Å²) < 4.78 is 11.5. The molecule has 2 heterocycles. The molecule has 0 saturated heterocycles. The molecule has 0 N–H and O–H groups in total. The lowest BCUT2D eigenvalue weighted by molar-refractivity contribution is 0.0980. The molecule has 0 radical (unpaired) electrons. The molecule has 5 heteroatoms. The molecule has 0 aliphatic rings. The van der Waals surface area contributed by atoms with Crippen LogP contribution in [0.2, 0.25) is 0 Å². The van der Waals surface area contributed by atoms with Gasteiger partial charge < -0.3 is 13.7 Å². The highest BCUT2D eigenvalue weighted by molar-refractivity contribution is 6.07. The van der Waals surface area contributed by atoms with E-state index in [1.807, 2.05) is 61.5 Å². The number of furan rings is 1. The van der Waals surface area contributed by atoms with Crippen LogP contribution in [0, 0.1) is 6.92 Å². The second-order valence-electron chi connectivity index (χ2n) is 7.40. The van der Waals surface area contributed by atoms with Crippen molar-refractivity contribution in [3.05, 3.63) is 112 Å². The average molecular weight is 409 g/mol. The smallest absolute Gasteiger partial charge is 0.265 e. The topological polar surface area (TPSA) is 63.7 Å². The van der Waals surface area contributed by atoms with Gasteiger partial charge >= 0.3 is 0 Å². The van der Waals surface area contributed by atoms with Gasteiger partial charge in [0.25, 0.3) is 5.91 Å². The standard InChI is InChI=1S/C26H19NO4/c1-17-8-2-5-11-22(17)27(15-19-14-18-9-3-6-12-23(18)31-19)26(29)21-16-30-24-13-7-4-10-20(24)25(21)28/h2-14,16H,15H2,1H3. The number of nitrogens with zero attached hydrogens (tertiary/aromatic N) is 1. The lowest BCUT2D eigenvalue weighted by Crippen LogP contribution is -2.34. The van der Waals surface area contributed by atoms with Crippen molar-refractivity contribution in [3.63, 3.8) is 0 Å². The van der Waals surface area contributed by atoms with E-state index in [0.29, 0.717) is 22.4 Å². The summed E-state index contributed by atoms with van der Waals surface area (Å²) in [5.41, 5.74) is 2.45. The predicted molar refractivity (Wildman–Crippen MR) is 120 cm³/mol. The fraction of sp³-hybridized carbons (Fsp3) is 0.0769. The minimum absolute atomic E-state index is 0.0157. The number of hydrogen-bond acceptors (Lipinski definition) is 4. The Labute approximate surface area is 178 Å². The number of para-hydroxylation sites is 3. The minimum Gasteiger partial charge on any atom is -0.463 e. The van der Waals surface area contributed by atoms with Crippen LogP contribution in [0.25, 0.3) is 21.9 Å². The zero-order valence-electron chi connectivity index (χ0n) is 16.9. The number of hydrogen-bond donors (Lipinski definition) is 0. The third-order valence-corrected chi connectivity index (χ3v) is 5.35. The van der Waals surface area contributed by atoms with Crippen LogP contribution in [0.3, 0.4) is 0 Å². The van der Waals surface area contributed by atoms with Crippen molar-refractivity contribution in [2.24, 2.45) is 0 Å². The molecule has 0 unspecified atom stereocenters. The van der Waals surface area contributed by atoms with Crippen molar-refractivity contribution in [3.8, 4) is 0 Å². The summed E-state index contributed by atoms with van der Waals surface area (Å²) >= 11 is 0. The number of amides is 1. The molecule has 2 aromatic heterocycles. The second kappa shape index (κ2) is 7.61. The number of rotatable bonds is 4. The molecular formula is C26H19NO4. The van der Waals surface area contributed by atoms with Gasteiger partial charge in [-0.1, -0.05) is 48.5 Å². The number of fused-ring (bicyclic) bond motifs is 2. The first-order valence-electron chi connectivity index (χ1n) is 9.97. The monoisotopic (exact) mass is 409 g/mol. The molecule has 3 aromatic carbocycles. The van der Waals surface area contributed by atoms with E-state index >= 15 is 0 Å². The van der Waals surface area contributed by atoms with Gasteiger partial charge in [0.05, 0.1) is 11.9 Å². The SMILES string of the molecule is Cc1ccccc1N(Cc1cc2ccccc2o1)C(=O)c1coc2ccccc2c1=O. The summed E-state index contributed by atoms with van der Waals surface area (Å²) in [5, 5.41) is 1.33. The largest absolute Gasteiger partial charge is 0.463 e. The van der Waals surface area contributed by atoms with Gasteiger partial charge in [0, 0.05) is 11.1 Å². The summed E-state index contributed by atoms with van der Waals surface area (Å²) in [5.74, 6) is 0.192. The highest BCUT2D eigenvalue weighted by atomic mass is 16.3.